The molecule has 2 N–H and O–H groups in total. The van der Waals surface area contributed by atoms with Crippen molar-refractivity contribution in [1.29, 1.82) is 0 Å². The van der Waals surface area contributed by atoms with Crippen LogP contribution in [0.25, 0.3) is 10.6 Å². The maximum Gasteiger partial charge on any atom is 0.150 e. The molecule has 0 aliphatic carbocycles. The molecule has 0 aliphatic rings. The van der Waals surface area contributed by atoms with Crippen molar-refractivity contribution in [3.05, 3.63) is 34.8 Å². The van der Waals surface area contributed by atoms with Crippen LogP contribution >= 0.6 is 11.3 Å². The number of nitrogens with two attached hydrogens (primary N) is 1. The van der Waals surface area contributed by atoms with E-state index in [9.17, 15) is 8.78 Å². The number of rotatable bonds is 3. The van der Waals surface area contributed by atoms with Gasteiger partial charge in [-0.1, -0.05) is 18.3 Å². The maximum atomic E-state index is 13.5. The van der Waals surface area contributed by atoms with Gasteiger partial charge in [0, 0.05) is 0 Å². The number of hydrogen-bond acceptors (Lipinski definition) is 4. The molecule has 17 heavy (non-hydrogen) atoms. The van der Waals surface area contributed by atoms with Gasteiger partial charge in [0.05, 0.1) is 11.6 Å². The third kappa shape index (κ3) is 2.48. The summed E-state index contributed by atoms with van der Waals surface area (Å²) in [6.07, 6.45) is 0.722. The monoisotopic (exact) mass is 255 g/mol. The molecule has 6 heteroatoms. The topological polar surface area (TPSA) is 51.8 Å². The molecule has 0 radical (unpaired) electrons. The average molecular weight is 255 g/mol. The Morgan fingerprint density at radius 2 is 2.12 bits per heavy atom. The Balaban J connectivity index is 2.40. The number of benzene rings is 1. The van der Waals surface area contributed by atoms with Crippen molar-refractivity contribution < 1.29 is 8.78 Å². The summed E-state index contributed by atoms with van der Waals surface area (Å²) in [5, 5.41) is 8.71. The Morgan fingerprint density at radius 1 is 1.35 bits per heavy atom. The van der Waals surface area contributed by atoms with Crippen LogP contribution in [0.2, 0.25) is 0 Å². The average Bonchev–Trinajstić information content (AvgIpc) is 2.80. The molecule has 2 rings (SSSR count). The molecule has 0 saturated carbocycles. The van der Waals surface area contributed by atoms with Crippen molar-refractivity contribution in [3.8, 4) is 10.6 Å². The van der Waals surface area contributed by atoms with Gasteiger partial charge in [0.1, 0.15) is 16.6 Å². The highest BCUT2D eigenvalue weighted by Gasteiger charge is 2.15. The lowest BCUT2D eigenvalue weighted by Gasteiger charge is -2.01. The van der Waals surface area contributed by atoms with Gasteiger partial charge in [-0.3, -0.25) is 0 Å². The first-order valence-electron chi connectivity index (χ1n) is 5.16. The first kappa shape index (κ1) is 12.1. The van der Waals surface area contributed by atoms with Gasteiger partial charge >= 0.3 is 0 Å². The molecular weight excluding hydrogens is 244 g/mol. The first-order valence-corrected chi connectivity index (χ1v) is 5.98. The van der Waals surface area contributed by atoms with Crippen molar-refractivity contribution in [2.24, 2.45) is 5.73 Å². The lowest BCUT2D eigenvalue weighted by atomic mass is 10.2. The van der Waals surface area contributed by atoms with Crippen LogP contribution in [0.4, 0.5) is 8.78 Å². The zero-order chi connectivity index (χ0) is 12.4. The van der Waals surface area contributed by atoms with Crippen LogP contribution in [0.5, 0.6) is 0 Å². The predicted octanol–water partition coefficient (Wildman–Crippen LogP) is 2.89. The molecule has 0 amide bonds. The van der Waals surface area contributed by atoms with E-state index in [2.05, 4.69) is 10.2 Å². The first-order chi connectivity index (χ1) is 8.11. The van der Waals surface area contributed by atoms with Gasteiger partial charge in [-0.15, -0.1) is 10.2 Å². The minimum Gasteiger partial charge on any atom is -0.322 e. The molecule has 0 aliphatic heterocycles. The van der Waals surface area contributed by atoms with E-state index in [1.165, 1.54) is 11.3 Å². The minimum absolute atomic E-state index is 0.122. The standard InChI is InChI=1S/C11H11F2N3S/c1-2-9(14)11-16-15-10(17-11)7-5-6(12)3-4-8(7)13/h3-5,9H,2,14H2,1H3. The van der Waals surface area contributed by atoms with E-state index in [1.807, 2.05) is 6.92 Å². The quantitative estimate of drug-likeness (QED) is 0.917. The fourth-order valence-electron chi connectivity index (χ4n) is 1.33. The SMILES string of the molecule is CCC(N)c1nnc(-c2cc(F)ccc2F)s1. The molecule has 0 saturated heterocycles. The summed E-state index contributed by atoms with van der Waals surface area (Å²) in [5.41, 5.74) is 5.92. The number of hydrogen-bond donors (Lipinski definition) is 1. The van der Waals surface area contributed by atoms with E-state index < -0.39 is 11.6 Å². The summed E-state index contributed by atoms with van der Waals surface area (Å²) >= 11 is 1.19. The molecule has 90 valence electrons. The highest BCUT2D eigenvalue weighted by atomic mass is 32.1. The molecule has 0 bridgehead atoms. The molecule has 1 aromatic carbocycles. The normalized spacial score (nSPS) is 12.7. The Hall–Kier alpha value is -1.40. The van der Waals surface area contributed by atoms with Gasteiger partial charge in [0.15, 0.2) is 5.01 Å². The van der Waals surface area contributed by atoms with E-state index in [1.54, 1.807) is 0 Å². The summed E-state index contributed by atoms with van der Waals surface area (Å²) in [7, 11) is 0. The van der Waals surface area contributed by atoms with E-state index in [0.717, 1.165) is 24.6 Å². The molecule has 1 unspecified atom stereocenters. The highest BCUT2D eigenvalue weighted by Crippen LogP contribution is 2.29. The zero-order valence-corrected chi connectivity index (χ0v) is 9.97. The van der Waals surface area contributed by atoms with Crippen molar-refractivity contribution in [2.45, 2.75) is 19.4 Å². The van der Waals surface area contributed by atoms with Crippen LogP contribution in [-0.2, 0) is 0 Å². The van der Waals surface area contributed by atoms with E-state index in [0.29, 0.717) is 10.0 Å². The summed E-state index contributed by atoms with van der Waals surface area (Å²) in [4.78, 5) is 0. The summed E-state index contributed by atoms with van der Waals surface area (Å²) in [6, 6.07) is 3.04. The van der Waals surface area contributed by atoms with E-state index >= 15 is 0 Å². The van der Waals surface area contributed by atoms with Gasteiger partial charge in [-0.05, 0) is 24.6 Å². The summed E-state index contributed by atoms with van der Waals surface area (Å²) in [6.45, 7) is 1.93. The number of aromatic nitrogens is 2. The third-order valence-electron chi connectivity index (χ3n) is 2.36. The largest absolute Gasteiger partial charge is 0.322 e. The Kier molecular flexibility index (Phi) is 3.44. The second-order valence-electron chi connectivity index (χ2n) is 3.58. The van der Waals surface area contributed by atoms with E-state index in [4.69, 9.17) is 5.73 Å². The van der Waals surface area contributed by atoms with Crippen LogP contribution < -0.4 is 5.73 Å². The van der Waals surface area contributed by atoms with Crippen LogP contribution in [0.1, 0.15) is 24.4 Å². The molecule has 1 heterocycles. The van der Waals surface area contributed by atoms with Crippen LogP contribution in [0.3, 0.4) is 0 Å². The zero-order valence-electron chi connectivity index (χ0n) is 9.15. The molecule has 1 aromatic heterocycles. The molecular formula is C11H11F2N3S. The fourth-order valence-corrected chi connectivity index (χ4v) is 2.28. The highest BCUT2D eigenvalue weighted by molar-refractivity contribution is 7.14. The fraction of sp³-hybridized carbons (Fsp3) is 0.273. The molecule has 2 aromatic rings. The second kappa shape index (κ2) is 4.85. The number of nitrogens with zero attached hydrogens (tertiary/aromatic N) is 2. The molecule has 3 nitrogen and oxygen atoms in total. The lowest BCUT2D eigenvalue weighted by molar-refractivity contribution is 0.603. The van der Waals surface area contributed by atoms with Crippen LogP contribution in [-0.4, -0.2) is 10.2 Å². The van der Waals surface area contributed by atoms with Crippen molar-refractivity contribution in [3.63, 3.8) is 0 Å². The Labute approximate surface area is 101 Å². The minimum atomic E-state index is -0.515. The molecule has 1 atom stereocenters. The molecule has 0 fully saturated rings. The third-order valence-corrected chi connectivity index (χ3v) is 3.44. The predicted molar refractivity (Wildman–Crippen MR) is 62.5 cm³/mol. The summed E-state index contributed by atoms with van der Waals surface area (Å²) < 4.78 is 26.5. The van der Waals surface area contributed by atoms with Gasteiger partial charge < -0.3 is 5.73 Å². The van der Waals surface area contributed by atoms with Crippen LogP contribution in [0.15, 0.2) is 18.2 Å². The van der Waals surface area contributed by atoms with Crippen molar-refractivity contribution in [2.75, 3.05) is 0 Å². The Bertz CT molecular complexity index is 527. The van der Waals surface area contributed by atoms with E-state index in [-0.39, 0.29) is 11.6 Å². The smallest absolute Gasteiger partial charge is 0.150 e. The van der Waals surface area contributed by atoms with Gasteiger partial charge in [0.25, 0.3) is 0 Å². The molecule has 0 spiro atoms. The Morgan fingerprint density at radius 3 is 2.82 bits per heavy atom. The lowest BCUT2D eigenvalue weighted by Crippen LogP contribution is -2.07. The summed E-state index contributed by atoms with van der Waals surface area (Å²) in [5.74, 6) is -1.02. The van der Waals surface area contributed by atoms with Crippen LogP contribution in [0, 0.1) is 11.6 Å². The van der Waals surface area contributed by atoms with Crippen molar-refractivity contribution in [1.82, 2.24) is 10.2 Å². The van der Waals surface area contributed by atoms with Crippen molar-refractivity contribution >= 4 is 11.3 Å². The van der Waals surface area contributed by atoms with Gasteiger partial charge in [-0.25, -0.2) is 8.78 Å². The second-order valence-corrected chi connectivity index (χ2v) is 4.59. The van der Waals surface area contributed by atoms with Gasteiger partial charge in [-0.2, -0.15) is 0 Å². The van der Waals surface area contributed by atoms with Gasteiger partial charge in [0.2, 0.25) is 0 Å². The maximum absolute atomic E-state index is 13.5. The number of halogens is 2.